The number of nitrogens with one attached hydrogen (secondary N) is 1. The third-order valence-electron chi connectivity index (χ3n) is 2.64. The Kier molecular flexibility index (Phi) is 4.02. The lowest BCUT2D eigenvalue weighted by Crippen LogP contribution is -2.04. The topological polar surface area (TPSA) is 37.8 Å². The molecule has 96 valence electrons. The Labute approximate surface area is 120 Å². The zero-order valence-corrected chi connectivity index (χ0v) is 13.4. The summed E-state index contributed by atoms with van der Waals surface area (Å²) >= 11 is 5.31. The summed E-state index contributed by atoms with van der Waals surface area (Å²) in [6.07, 6.45) is 0. The summed E-state index contributed by atoms with van der Waals surface area (Å²) in [6.45, 7) is 9.11. The van der Waals surface area contributed by atoms with Gasteiger partial charge in [-0.05, 0) is 49.7 Å². The van der Waals surface area contributed by atoms with Gasteiger partial charge in [-0.3, -0.25) is 0 Å². The molecule has 0 unspecified atom stereocenters. The van der Waals surface area contributed by atoms with Gasteiger partial charge in [-0.15, -0.1) is 11.3 Å². The van der Waals surface area contributed by atoms with Crippen molar-refractivity contribution in [3.63, 3.8) is 0 Å². The molecule has 3 nitrogen and oxygen atoms in total. The third kappa shape index (κ3) is 2.57. The molecule has 0 aromatic carbocycles. The fourth-order valence-electron chi connectivity index (χ4n) is 1.82. The number of rotatable bonds is 3. The molecule has 1 N–H and O–H groups in total. The number of hydrogen-bond donors (Lipinski definition) is 1. The molecule has 0 fully saturated rings. The molecule has 2 rings (SSSR count). The molecule has 0 atom stereocenters. The van der Waals surface area contributed by atoms with E-state index in [9.17, 15) is 0 Å². The second-order valence-corrected chi connectivity index (χ2v) is 6.41. The van der Waals surface area contributed by atoms with Crippen molar-refractivity contribution in [1.29, 1.82) is 0 Å². The van der Waals surface area contributed by atoms with Gasteiger partial charge in [-0.25, -0.2) is 9.97 Å². The van der Waals surface area contributed by atoms with E-state index in [1.807, 2.05) is 6.92 Å². The normalized spacial score (nSPS) is 10.7. The molecule has 0 bridgehead atoms. The highest BCUT2D eigenvalue weighted by atomic mass is 79.9. The van der Waals surface area contributed by atoms with Gasteiger partial charge in [0.05, 0.1) is 10.2 Å². The van der Waals surface area contributed by atoms with Crippen molar-refractivity contribution in [2.45, 2.75) is 27.7 Å². The molecule has 2 heterocycles. The highest BCUT2D eigenvalue weighted by Gasteiger charge is 2.13. The van der Waals surface area contributed by atoms with Gasteiger partial charge in [0.2, 0.25) is 0 Å². The SMILES string of the molecule is CCNc1nc(-c2cc(C)sc2C)nc(C)c1Br. The molecule has 2 aromatic heterocycles. The summed E-state index contributed by atoms with van der Waals surface area (Å²) in [4.78, 5) is 11.7. The second kappa shape index (κ2) is 5.36. The molecule has 18 heavy (non-hydrogen) atoms. The van der Waals surface area contributed by atoms with Gasteiger partial charge < -0.3 is 5.32 Å². The standard InChI is InChI=1S/C13H16BrN3S/c1-5-15-13-11(14)8(3)16-12(17-13)10-6-7(2)18-9(10)4/h6H,5H2,1-4H3,(H,15,16,17). The predicted octanol–water partition coefficient (Wildman–Crippen LogP) is 4.32. The first kappa shape index (κ1) is 13.5. The maximum atomic E-state index is 4.60. The van der Waals surface area contributed by atoms with Gasteiger partial charge in [0, 0.05) is 21.9 Å². The summed E-state index contributed by atoms with van der Waals surface area (Å²) in [5, 5.41) is 3.26. The fourth-order valence-corrected chi connectivity index (χ4v) is 3.05. The van der Waals surface area contributed by atoms with Crippen LogP contribution in [0, 0.1) is 20.8 Å². The average molecular weight is 326 g/mol. The van der Waals surface area contributed by atoms with E-state index in [4.69, 9.17) is 0 Å². The van der Waals surface area contributed by atoms with Crippen molar-refractivity contribution in [1.82, 2.24) is 9.97 Å². The van der Waals surface area contributed by atoms with Crippen LogP contribution in [0.2, 0.25) is 0 Å². The van der Waals surface area contributed by atoms with Crippen LogP contribution in [-0.4, -0.2) is 16.5 Å². The van der Waals surface area contributed by atoms with Gasteiger partial charge in [-0.2, -0.15) is 0 Å². The quantitative estimate of drug-likeness (QED) is 0.912. The minimum atomic E-state index is 0.800. The Balaban J connectivity index is 2.55. The smallest absolute Gasteiger partial charge is 0.162 e. The lowest BCUT2D eigenvalue weighted by molar-refractivity contribution is 1.06. The summed E-state index contributed by atoms with van der Waals surface area (Å²) < 4.78 is 0.942. The van der Waals surface area contributed by atoms with Crippen LogP contribution in [0.5, 0.6) is 0 Å². The highest BCUT2D eigenvalue weighted by Crippen LogP contribution is 2.31. The van der Waals surface area contributed by atoms with Crippen molar-refractivity contribution in [2.24, 2.45) is 0 Å². The molecule has 0 spiro atoms. The molecule has 2 aromatic rings. The largest absolute Gasteiger partial charge is 0.369 e. The minimum absolute atomic E-state index is 0.800. The van der Waals surface area contributed by atoms with E-state index in [1.165, 1.54) is 9.75 Å². The van der Waals surface area contributed by atoms with Crippen LogP contribution in [-0.2, 0) is 0 Å². The first-order valence-electron chi connectivity index (χ1n) is 5.88. The fraction of sp³-hybridized carbons (Fsp3) is 0.385. The third-order valence-corrected chi connectivity index (χ3v) is 4.56. The molecule has 0 amide bonds. The van der Waals surface area contributed by atoms with Gasteiger partial charge in [0.1, 0.15) is 5.82 Å². The van der Waals surface area contributed by atoms with Crippen LogP contribution >= 0.6 is 27.3 Å². The number of thiophene rings is 1. The molecular weight excluding hydrogens is 310 g/mol. The molecule has 0 aliphatic heterocycles. The van der Waals surface area contributed by atoms with E-state index in [0.717, 1.165) is 33.9 Å². The number of hydrogen-bond acceptors (Lipinski definition) is 4. The first-order valence-corrected chi connectivity index (χ1v) is 7.49. The van der Waals surface area contributed by atoms with Gasteiger partial charge >= 0.3 is 0 Å². The number of anilines is 1. The summed E-state index contributed by atoms with van der Waals surface area (Å²) in [7, 11) is 0. The number of aromatic nitrogens is 2. The Morgan fingerprint density at radius 3 is 2.56 bits per heavy atom. The van der Waals surface area contributed by atoms with Crippen molar-refractivity contribution < 1.29 is 0 Å². The zero-order chi connectivity index (χ0) is 13.3. The molecule has 0 aliphatic rings. The molecule has 0 saturated heterocycles. The second-order valence-electron chi connectivity index (χ2n) is 4.15. The van der Waals surface area contributed by atoms with Crippen molar-refractivity contribution in [3.8, 4) is 11.4 Å². The van der Waals surface area contributed by atoms with E-state index in [0.29, 0.717) is 0 Å². The minimum Gasteiger partial charge on any atom is -0.369 e. The van der Waals surface area contributed by atoms with Crippen LogP contribution in [0.3, 0.4) is 0 Å². The first-order chi connectivity index (χ1) is 8.52. The molecule has 0 aliphatic carbocycles. The van der Waals surface area contributed by atoms with Crippen molar-refractivity contribution in [3.05, 3.63) is 26.0 Å². The van der Waals surface area contributed by atoms with E-state index in [1.54, 1.807) is 11.3 Å². The Hall–Kier alpha value is -0.940. The molecule has 0 radical (unpaired) electrons. The number of nitrogens with zero attached hydrogens (tertiary/aromatic N) is 2. The Morgan fingerprint density at radius 1 is 1.28 bits per heavy atom. The summed E-state index contributed by atoms with van der Waals surface area (Å²) in [5.74, 6) is 1.66. The van der Waals surface area contributed by atoms with Crippen LogP contribution < -0.4 is 5.32 Å². The maximum absolute atomic E-state index is 4.60. The van der Waals surface area contributed by atoms with E-state index in [2.05, 4.69) is 58.1 Å². The number of halogens is 1. The molecule has 5 heteroatoms. The van der Waals surface area contributed by atoms with Crippen LogP contribution in [0.4, 0.5) is 5.82 Å². The average Bonchev–Trinajstić information content (AvgIpc) is 2.64. The Morgan fingerprint density at radius 2 is 2.00 bits per heavy atom. The highest BCUT2D eigenvalue weighted by molar-refractivity contribution is 9.10. The lowest BCUT2D eigenvalue weighted by atomic mass is 10.2. The number of aryl methyl sites for hydroxylation is 3. The predicted molar refractivity (Wildman–Crippen MR) is 81.4 cm³/mol. The van der Waals surface area contributed by atoms with Crippen LogP contribution in [0.1, 0.15) is 22.4 Å². The van der Waals surface area contributed by atoms with Crippen molar-refractivity contribution >= 4 is 33.1 Å². The van der Waals surface area contributed by atoms with Gasteiger partial charge in [0.25, 0.3) is 0 Å². The Bertz CT molecular complexity index is 578. The van der Waals surface area contributed by atoms with Gasteiger partial charge in [-0.1, -0.05) is 0 Å². The van der Waals surface area contributed by atoms with E-state index >= 15 is 0 Å². The maximum Gasteiger partial charge on any atom is 0.162 e. The van der Waals surface area contributed by atoms with Crippen molar-refractivity contribution in [2.75, 3.05) is 11.9 Å². The zero-order valence-electron chi connectivity index (χ0n) is 11.0. The summed E-state index contributed by atoms with van der Waals surface area (Å²) in [5.41, 5.74) is 2.09. The van der Waals surface area contributed by atoms with Gasteiger partial charge in [0.15, 0.2) is 5.82 Å². The monoisotopic (exact) mass is 325 g/mol. The molecule has 0 saturated carbocycles. The summed E-state index contributed by atoms with van der Waals surface area (Å²) in [6, 6.07) is 2.15. The lowest BCUT2D eigenvalue weighted by Gasteiger charge is -2.09. The van der Waals surface area contributed by atoms with Crippen LogP contribution in [0.15, 0.2) is 10.5 Å². The molecular formula is C13H16BrN3S. The van der Waals surface area contributed by atoms with E-state index < -0.39 is 0 Å². The van der Waals surface area contributed by atoms with Crippen LogP contribution in [0.25, 0.3) is 11.4 Å². The van der Waals surface area contributed by atoms with E-state index in [-0.39, 0.29) is 0 Å².